The minimum Gasteiger partial charge on any atom is -0.294 e. The minimum atomic E-state index is -4.46. The van der Waals surface area contributed by atoms with Crippen molar-refractivity contribution in [1.82, 2.24) is 14.6 Å². The lowest BCUT2D eigenvalue weighted by molar-refractivity contribution is -0.138. The summed E-state index contributed by atoms with van der Waals surface area (Å²) < 4.78 is 43.6. The number of hydrogen-bond acceptors (Lipinski definition) is 3. The third-order valence-corrected chi connectivity index (χ3v) is 7.65. The van der Waals surface area contributed by atoms with Gasteiger partial charge in [0.15, 0.2) is 11.4 Å². The highest BCUT2D eigenvalue weighted by Crippen LogP contribution is 2.37. The first kappa shape index (κ1) is 26.7. The van der Waals surface area contributed by atoms with Crippen LogP contribution in [-0.2, 0) is 19.0 Å². The molecule has 7 heteroatoms. The van der Waals surface area contributed by atoms with Crippen LogP contribution in [0.1, 0.15) is 76.5 Å². The molecule has 0 N–H and O–H groups in total. The topological polar surface area (TPSA) is 47.3 Å². The van der Waals surface area contributed by atoms with Gasteiger partial charge in [-0.3, -0.25) is 4.79 Å². The zero-order valence-electron chi connectivity index (χ0n) is 22.1. The molecule has 0 amide bonds. The van der Waals surface area contributed by atoms with Crippen LogP contribution in [0.2, 0.25) is 0 Å². The molecule has 200 valence electrons. The second-order valence-corrected chi connectivity index (χ2v) is 10.6. The number of Topliss-reactive ketones (excluding diaryl/α,β-unsaturated/α-hetero) is 1. The van der Waals surface area contributed by atoms with Crippen molar-refractivity contribution >= 4 is 11.4 Å². The van der Waals surface area contributed by atoms with Gasteiger partial charge in [-0.05, 0) is 84.9 Å². The van der Waals surface area contributed by atoms with E-state index in [1.807, 2.05) is 13.0 Å². The number of carbonyl (C=O) groups is 1. The third kappa shape index (κ3) is 6.22. The van der Waals surface area contributed by atoms with Crippen molar-refractivity contribution in [3.63, 3.8) is 0 Å². The largest absolute Gasteiger partial charge is 0.416 e. The van der Waals surface area contributed by atoms with E-state index in [1.54, 1.807) is 53.3 Å². The SMILES string of the molecule is Cc1ccc(C(=O)Cc2ccc(CC3CCC(C)CC3)c(C(F)(F)F)c2)cc1C#Cc1cnc2cccnn12. The number of alkyl halides is 3. The fraction of sp³-hybridized carbons (Fsp3) is 0.344. The molecular formula is C32H30F3N3O. The smallest absolute Gasteiger partial charge is 0.294 e. The van der Waals surface area contributed by atoms with Gasteiger partial charge >= 0.3 is 6.18 Å². The molecule has 0 radical (unpaired) electrons. The number of fused-ring (bicyclic) bond motifs is 1. The standard InChI is InChI=1S/C32H30F3N3O/c1-21-5-8-23(9-6-21)16-26-12-10-24(17-29(26)32(33,34)35)18-30(39)27-11-7-22(2)25(19-27)13-14-28-20-36-31-4-3-15-37-38(28)31/h3-4,7,10-12,15,17,19-21,23H,5-6,8-9,16,18H2,1-2H3. The van der Waals surface area contributed by atoms with Crippen LogP contribution in [0.3, 0.4) is 0 Å². The van der Waals surface area contributed by atoms with Crippen molar-refractivity contribution in [1.29, 1.82) is 0 Å². The number of aromatic nitrogens is 3. The molecule has 1 aliphatic carbocycles. The molecule has 2 aromatic carbocycles. The van der Waals surface area contributed by atoms with Gasteiger partial charge in [-0.2, -0.15) is 18.3 Å². The molecule has 0 unspecified atom stereocenters. The second kappa shape index (κ2) is 11.1. The van der Waals surface area contributed by atoms with Gasteiger partial charge in [0.25, 0.3) is 0 Å². The molecule has 39 heavy (non-hydrogen) atoms. The normalized spacial score (nSPS) is 17.6. The predicted octanol–water partition coefficient (Wildman–Crippen LogP) is 7.25. The summed E-state index contributed by atoms with van der Waals surface area (Å²) in [6.45, 7) is 4.10. The third-order valence-electron chi connectivity index (χ3n) is 7.65. The monoisotopic (exact) mass is 529 g/mol. The molecule has 1 fully saturated rings. The maximum atomic E-state index is 14.0. The quantitative estimate of drug-likeness (QED) is 0.202. The van der Waals surface area contributed by atoms with Gasteiger partial charge in [0.05, 0.1) is 11.8 Å². The molecular weight excluding hydrogens is 499 g/mol. The van der Waals surface area contributed by atoms with Gasteiger partial charge in [-0.25, -0.2) is 9.50 Å². The molecule has 0 atom stereocenters. The Morgan fingerprint density at radius 1 is 1.05 bits per heavy atom. The fourth-order valence-corrected chi connectivity index (χ4v) is 5.28. The summed E-state index contributed by atoms with van der Waals surface area (Å²) in [7, 11) is 0. The van der Waals surface area contributed by atoms with Crippen molar-refractivity contribution in [2.75, 3.05) is 0 Å². The second-order valence-electron chi connectivity index (χ2n) is 10.6. The Bertz CT molecular complexity index is 1570. The van der Waals surface area contributed by atoms with E-state index in [4.69, 9.17) is 0 Å². The molecule has 0 aliphatic heterocycles. The first-order chi connectivity index (χ1) is 18.7. The summed E-state index contributed by atoms with van der Waals surface area (Å²) in [5.74, 6) is 6.82. The van der Waals surface area contributed by atoms with E-state index in [1.165, 1.54) is 0 Å². The highest BCUT2D eigenvalue weighted by molar-refractivity contribution is 5.98. The molecule has 2 heterocycles. The summed E-state index contributed by atoms with van der Waals surface area (Å²) in [5.41, 5.74) is 3.33. The molecule has 5 rings (SSSR count). The summed E-state index contributed by atoms with van der Waals surface area (Å²) in [4.78, 5) is 17.4. The Hall–Kier alpha value is -3.92. The van der Waals surface area contributed by atoms with Crippen LogP contribution in [0.25, 0.3) is 5.65 Å². The highest BCUT2D eigenvalue weighted by atomic mass is 19.4. The van der Waals surface area contributed by atoms with E-state index in [9.17, 15) is 18.0 Å². The van der Waals surface area contributed by atoms with E-state index in [-0.39, 0.29) is 18.1 Å². The molecule has 0 bridgehead atoms. The summed E-state index contributed by atoms with van der Waals surface area (Å²) in [6.07, 6.45) is 3.20. The molecule has 4 nitrogen and oxygen atoms in total. The van der Waals surface area contributed by atoms with Crippen LogP contribution in [-0.4, -0.2) is 20.4 Å². The Morgan fingerprint density at radius 3 is 2.62 bits per heavy atom. The summed E-state index contributed by atoms with van der Waals surface area (Å²) >= 11 is 0. The number of carbonyl (C=O) groups excluding carboxylic acids is 1. The molecule has 1 aliphatic rings. The average Bonchev–Trinajstić information content (AvgIpc) is 3.33. The molecule has 0 saturated heterocycles. The van der Waals surface area contributed by atoms with Gasteiger partial charge < -0.3 is 0 Å². The minimum absolute atomic E-state index is 0.114. The number of hydrogen-bond donors (Lipinski definition) is 0. The van der Waals surface area contributed by atoms with E-state index < -0.39 is 11.7 Å². The van der Waals surface area contributed by atoms with Crippen LogP contribution in [0.5, 0.6) is 0 Å². The molecule has 1 saturated carbocycles. The predicted molar refractivity (Wildman–Crippen MR) is 144 cm³/mol. The first-order valence-electron chi connectivity index (χ1n) is 13.3. The number of benzene rings is 2. The van der Waals surface area contributed by atoms with Crippen molar-refractivity contribution in [2.24, 2.45) is 11.8 Å². The van der Waals surface area contributed by atoms with Gasteiger partial charge in [-0.1, -0.05) is 50.0 Å². The Labute approximate surface area is 226 Å². The van der Waals surface area contributed by atoms with Crippen molar-refractivity contribution in [3.05, 3.63) is 100.0 Å². The Kier molecular flexibility index (Phi) is 7.56. The zero-order chi connectivity index (χ0) is 27.6. The number of ketones is 1. The summed E-state index contributed by atoms with van der Waals surface area (Å²) in [6, 6.07) is 13.2. The van der Waals surface area contributed by atoms with Crippen molar-refractivity contribution in [2.45, 2.75) is 58.5 Å². The lowest BCUT2D eigenvalue weighted by atomic mass is 9.79. The van der Waals surface area contributed by atoms with Crippen molar-refractivity contribution in [3.8, 4) is 11.8 Å². The Morgan fingerprint density at radius 2 is 1.85 bits per heavy atom. The van der Waals surface area contributed by atoms with E-state index >= 15 is 0 Å². The molecule has 4 aromatic rings. The van der Waals surface area contributed by atoms with Crippen LogP contribution in [0, 0.1) is 30.6 Å². The van der Waals surface area contributed by atoms with E-state index in [2.05, 4.69) is 28.8 Å². The van der Waals surface area contributed by atoms with E-state index in [0.717, 1.165) is 37.3 Å². The van der Waals surface area contributed by atoms with Gasteiger partial charge in [0.2, 0.25) is 0 Å². The van der Waals surface area contributed by atoms with Gasteiger partial charge in [0, 0.05) is 23.7 Å². The summed E-state index contributed by atoms with van der Waals surface area (Å²) in [5, 5.41) is 4.25. The number of halogens is 3. The molecule has 0 spiro atoms. The van der Waals surface area contributed by atoms with Gasteiger partial charge in [0.1, 0.15) is 5.69 Å². The maximum Gasteiger partial charge on any atom is 0.416 e. The number of imidazole rings is 1. The van der Waals surface area contributed by atoms with Crippen LogP contribution in [0.15, 0.2) is 60.9 Å². The Balaban J connectivity index is 1.35. The number of nitrogens with zero attached hydrogens (tertiary/aromatic N) is 3. The van der Waals surface area contributed by atoms with Crippen LogP contribution >= 0.6 is 0 Å². The van der Waals surface area contributed by atoms with Crippen molar-refractivity contribution < 1.29 is 18.0 Å². The molecule has 2 aromatic heterocycles. The average molecular weight is 530 g/mol. The number of rotatable bonds is 5. The van der Waals surface area contributed by atoms with Gasteiger partial charge in [-0.15, -0.1) is 0 Å². The fourth-order valence-electron chi connectivity index (χ4n) is 5.28. The number of aryl methyl sites for hydroxylation is 1. The first-order valence-corrected chi connectivity index (χ1v) is 13.3. The lowest BCUT2D eigenvalue weighted by Crippen LogP contribution is -2.18. The van der Waals surface area contributed by atoms with E-state index in [0.29, 0.717) is 45.9 Å². The maximum absolute atomic E-state index is 14.0. The lowest BCUT2D eigenvalue weighted by Gasteiger charge is -2.27. The zero-order valence-corrected chi connectivity index (χ0v) is 22.1. The van der Waals surface area contributed by atoms with Crippen LogP contribution < -0.4 is 0 Å². The van der Waals surface area contributed by atoms with Crippen LogP contribution in [0.4, 0.5) is 13.2 Å². The highest BCUT2D eigenvalue weighted by Gasteiger charge is 2.34.